The van der Waals surface area contributed by atoms with Gasteiger partial charge in [0.25, 0.3) is 0 Å². The van der Waals surface area contributed by atoms with Crippen LogP contribution in [0.4, 0.5) is 0 Å². The van der Waals surface area contributed by atoms with Gasteiger partial charge >= 0.3 is 0 Å². The summed E-state index contributed by atoms with van der Waals surface area (Å²) in [6.45, 7) is 3.66. The van der Waals surface area contributed by atoms with Crippen molar-refractivity contribution in [2.75, 3.05) is 13.2 Å². The van der Waals surface area contributed by atoms with E-state index in [4.69, 9.17) is 9.84 Å². The summed E-state index contributed by atoms with van der Waals surface area (Å²) in [5, 5.41) is 9.00. The maximum atomic E-state index is 9.00. The Morgan fingerprint density at radius 1 is 1.31 bits per heavy atom. The largest absolute Gasteiger partial charge is 0.393 e. The predicted molar refractivity (Wildman–Crippen MR) is 53.7 cm³/mol. The van der Waals surface area contributed by atoms with Gasteiger partial charge in [0.2, 0.25) is 0 Å². The van der Waals surface area contributed by atoms with Crippen molar-refractivity contribution in [1.29, 1.82) is 0 Å². The van der Waals surface area contributed by atoms with Gasteiger partial charge in [-0.3, -0.25) is 0 Å². The molecule has 0 bridgehead atoms. The normalized spacial score (nSPS) is 18.9. The summed E-state index contributed by atoms with van der Waals surface area (Å²) in [6, 6.07) is 0. The molecular weight excluding hydrogens is 164 g/mol. The molecule has 2 heteroatoms. The fraction of sp³-hybridized carbons (Fsp3) is 1.00. The zero-order chi connectivity index (χ0) is 9.52. The molecular formula is C11H22O2. The van der Waals surface area contributed by atoms with Crippen molar-refractivity contribution in [1.82, 2.24) is 0 Å². The number of rotatable bonds is 8. The smallest absolute Gasteiger partial charge is 0.0512 e. The fourth-order valence-corrected chi connectivity index (χ4v) is 1.40. The summed E-state index contributed by atoms with van der Waals surface area (Å²) in [6.07, 6.45) is 7.04. The third kappa shape index (κ3) is 7.03. The van der Waals surface area contributed by atoms with Gasteiger partial charge in [-0.1, -0.05) is 12.8 Å². The van der Waals surface area contributed by atoms with Crippen molar-refractivity contribution in [2.24, 2.45) is 5.92 Å². The molecule has 0 radical (unpaired) electrons. The first-order valence-corrected chi connectivity index (χ1v) is 5.55. The van der Waals surface area contributed by atoms with Gasteiger partial charge in [0.15, 0.2) is 0 Å². The van der Waals surface area contributed by atoms with Crippen LogP contribution < -0.4 is 0 Å². The number of unbranched alkanes of at least 4 members (excludes halogenated alkanes) is 1. The zero-order valence-electron chi connectivity index (χ0n) is 8.67. The van der Waals surface area contributed by atoms with Gasteiger partial charge in [-0.25, -0.2) is 0 Å². The first-order chi connectivity index (χ1) is 6.29. The number of hydrogen-bond donors (Lipinski definition) is 1. The van der Waals surface area contributed by atoms with E-state index in [1.54, 1.807) is 0 Å². The van der Waals surface area contributed by atoms with Crippen LogP contribution in [0.25, 0.3) is 0 Å². The molecule has 1 aliphatic carbocycles. The molecule has 0 spiro atoms. The average molecular weight is 186 g/mol. The average Bonchev–Trinajstić information content (AvgIpc) is 2.86. The molecule has 0 saturated heterocycles. The Labute approximate surface area is 81.3 Å². The van der Waals surface area contributed by atoms with Crippen LogP contribution in [-0.2, 0) is 4.74 Å². The van der Waals surface area contributed by atoms with Crippen LogP contribution in [0.1, 0.15) is 45.4 Å². The van der Waals surface area contributed by atoms with Gasteiger partial charge in [-0.2, -0.15) is 0 Å². The molecule has 1 saturated carbocycles. The second kappa shape index (κ2) is 6.39. The van der Waals surface area contributed by atoms with Crippen LogP contribution in [0.15, 0.2) is 0 Å². The Kier molecular flexibility index (Phi) is 5.40. The summed E-state index contributed by atoms with van der Waals surface area (Å²) in [4.78, 5) is 0. The Morgan fingerprint density at radius 3 is 2.69 bits per heavy atom. The molecule has 0 heterocycles. The highest BCUT2D eigenvalue weighted by atomic mass is 16.5. The van der Waals surface area contributed by atoms with Gasteiger partial charge in [0.1, 0.15) is 0 Å². The van der Waals surface area contributed by atoms with E-state index in [9.17, 15) is 0 Å². The van der Waals surface area contributed by atoms with Crippen LogP contribution in [0.2, 0.25) is 0 Å². The standard InChI is InChI=1S/C11H22O2/c1-10(12)4-2-3-8-13-9-7-11-5-6-11/h10-12H,2-9H2,1H3. The lowest BCUT2D eigenvalue weighted by Gasteiger charge is -2.04. The van der Waals surface area contributed by atoms with E-state index >= 15 is 0 Å². The summed E-state index contributed by atoms with van der Waals surface area (Å²) < 4.78 is 5.48. The minimum absolute atomic E-state index is 0.147. The van der Waals surface area contributed by atoms with Crippen molar-refractivity contribution >= 4 is 0 Å². The van der Waals surface area contributed by atoms with Crippen LogP contribution in [0, 0.1) is 5.92 Å². The Balaban J connectivity index is 1.68. The topological polar surface area (TPSA) is 29.5 Å². The van der Waals surface area contributed by atoms with Crippen molar-refractivity contribution in [3.8, 4) is 0 Å². The van der Waals surface area contributed by atoms with Crippen LogP contribution >= 0.6 is 0 Å². The number of aliphatic hydroxyl groups is 1. The summed E-state index contributed by atoms with van der Waals surface area (Å²) in [5.41, 5.74) is 0. The van der Waals surface area contributed by atoms with Gasteiger partial charge in [0, 0.05) is 13.2 Å². The van der Waals surface area contributed by atoms with E-state index in [-0.39, 0.29) is 6.10 Å². The molecule has 0 aromatic carbocycles. The first-order valence-electron chi connectivity index (χ1n) is 5.55. The lowest BCUT2D eigenvalue weighted by atomic mass is 10.2. The van der Waals surface area contributed by atoms with Crippen molar-refractivity contribution in [3.63, 3.8) is 0 Å². The van der Waals surface area contributed by atoms with Gasteiger partial charge in [0.05, 0.1) is 6.10 Å². The molecule has 13 heavy (non-hydrogen) atoms. The molecule has 78 valence electrons. The van der Waals surface area contributed by atoms with E-state index in [1.165, 1.54) is 19.3 Å². The summed E-state index contributed by atoms with van der Waals surface area (Å²) >= 11 is 0. The lowest BCUT2D eigenvalue weighted by molar-refractivity contribution is 0.118. The van der Waals surface area contributed by atoms with Crippen molar-refractivity contribution in [2.45, 2.75) is 51.6 Å². The van der Waals surface area contributed by atoms with Crippen LogP contribution in [0.3, 0.4) is 0 Å². The predicted octanol–water partition coefficient (Wildman–Crippen LogP) is 2.35. The molecule has 0 amide bonds. The maximum absolute atomic E-state index is 9.00. The second-order valence-corrected chi connectivity index (χ2v) is 4.19. The third-order valence-corrected chi connectivity index (χ3v) is 2.53. The van der Waals surface area contributed by atoms with Gasteiger partial charge < -0.3 is 9.84 Å². The van der Waals surface area contributed by atoms with Crippen molar-refractivity contribution in [3.05, 3.63) is 0 Å². The monoisotopic (exact) mass is 186 g/mol. The highest BCUT2D eigenvalue weighted by molar-refractivity contribution is 4.72. The number of aliphatic hydroxyl groups excluding tert-OH is 1. The van der Waals surface area contributed by atoms with Gasteiger partial charge in [-0.05, 0) is 38.5 Å². The Bertz CT molecular complexity index is 113. The minimum Gasteiger partial charge on any atom is -0.393 e. The fourth-order valence-electron chi connectivity index (χ4n) is 1.40. The molecule has 1 N–H and O–H groups in total. The van der Waals surface area contributed by atoms with E-state index in [1.807, 2.05) is 6.92 Å². The molecule has 1 aliphatic rings. The van der Waals surface area contributed by atoms with E-state index in [0.717, 1.165) is 38.4 Å². The Hall–Kier alpha value is -0.0800. The number of hydrogen-bond acceptors (Lipinski definition) is 2. The highest BCUT2D eigenvalue weighted by Crippen LogP contribution is 2.32. The van der Waals surface area contributed by atoms with Crippen molar-refractivity contribution < 1.29 is 9.84 Å². The highest BCUT2D eigenvalue weighted by Gasteiger charge is 2.20. The summed E-state index contributed by atoms with van der Waals surface area (Å²) in [7, 11) is 0. The molecule has 1 rings (SSSR count). The molecule has 1 atom stereocenters. The second-order valence-electron chi connectivity index (χ2n) is 4.19. The number of ether oxygens (including phenoxy) is 1. The quantitative estimate of drug-likeness (QED) is 0.590. The molecule has 0 aromatic heterocycles. The van der Waals surface area contributed by atoms with E-state index in [0.29, 0.717) is 0 Å². The van der Waals surface area contributed by atoms with Crippen LogP contribution in [-0.4, -0.2) is 24.4 Å². The molecule has 1 unspecified atom stereocenters. The van der Waals surface area contributed by atoms with Crippen LogP contribution in [0.5, 0.6) is 0 Å². The SMILES string of the molecule is CC(O)CCCCOCCC1CC1. The van der Waals surface area contributed by atoms with Gasteiger partial charge in [-0.15, -0.1) is 0 Å². The molecule has 0 aromatic rings. The molecule has 2 nitrogen and oxygen atoms in total. The minimum atomic E-state index is -0.147. The zero-order valence-corrected chi connectivity index (χ0v) is 8.67. The molecule has 0 aliphatic heterocycles. The van der Waals surface area contributed by atoms with E-state index < -0.39 is 0 Å². The molecule has 1 fully saturated rings. The lowest BCUT2D eigenvalue weighted by Crippen LogP contribution is -2.02. The summed E-state index contributed by atoms with van der Waals surface area (Å²) in [5.74, 6) is 0.984. The third-order valence-electron chi connectivity index (χ3n) is 2.53. The van der Waals surface area contributed by atoms with E-state index in [2.05, 4.69) is 0 Å². The Morgan fingerprint density at radius 2 is 2.08 bits per heavy atom. The maximum Gasteiger partial charge on any atom is 0.0512 e. The first kappa shape index (κ1) is 11.0.